The van der Waals surface area contributed by atoms with Gasteiger partial charge in [-0.3, -0.25) is 24.0 Å². The first-order chi connectivity index (χ1) is 13.4. The number of H-pyrrole nitrogens is 1. The predicted molar refractivity (Wildman–Crippen MR) is 111 cm³/mol. The minimum atomic E-state index is -0.642. The summed E-state index contributed by atoms with van der Waals surface area (Å²) < 4.78 is 1.32. The maximum Gasteiger partial charge on any atom is 0.330 e. The lowest BCUT2D eigenvalue weighted by atomic mass is 10.2. The first kappa shape index (κ1) is 21.4. The van der Waals surface area contributed by atoms with Gasteiger partial charge in [0.25, 0.3) is 5.56 Å². The van der Waals surface area contributed by atoms with Crippen molar-refractivity contribution in [3.8, 4) is 0 Å². The summed E-state index contributed by atoms with van der Waals surface area (Å²) in [5, 5.41) is 0. The van der Waals surface area contributed by atoms with Crippen molar-refractivity contribution in [1.82, 2.24) is 14.5 Å². The molecule has 3 N–H and O–H groups in total. The summed E-state index contributed by atoms with van der Waals surface area (Å²) in [6.45, 7) is 5.16. The molecule has 0 unspecified atom stereocenters. The largest absolute Gasteiger partial charge is 0.383 e. The molecular formula is C20H29N5O3. The van der Waals surface area contributed by atoms with Gasteiger partial charge >= 0.3 is 5.69 Å². The normalized spacial score (nSPS) is 11.0. The first-order valence-electron chi connectivity index (χ1n) is 9.54. The van der Waals surface area contributed by atoms with Gasteiger partial charge in [-0.1, -0.05) is 43.7 Å². The number of nitrogens with two attached hydrogens (primary N) is 1. The smallest absolute Gasteiger partial charge is 0.330 e. The molecule has 1 aromatic heterocycles. The van der Waals surface area contributed by atoms with Crippen molar-refractivity contribution >= 4 is 17.4 Å². The van der Waals surface area contributed by atoms with Crippen LogP contribution in [0.2, 0.25) is 0 Å². The van der Waals surface area contributed by atoms with Crippen LogP contribution in [0.1, 0.15) is 32.3 Å². The number of carbonyl (C=O) groups excluding carboxylic acids is 1. The number of nitrogens with one attached hydrogen (secondary N) is 1. The molecule has 0 bridgehead atoms. The van der Waals surface area contributed by atoms with Crippen LogP contribution in [0.3, 0.4) is 0 Å². The van der Waals surface area contributed by atoms with E-state index >= 15 is 0 Å². The summed E-state index contributed by atoms with van der Waals surface area (Å²) in [5.41, 5.74) is 6.06. The van der Waals surface area contributed by atoms with Crippen molar-refractivity contribution in [2.75, 3.05) is 30.8 Å². The molecule has 0 fully saturated rings. The van der Waals surface area contributed by atoms with E-state index in [4.69, 9.17) is 5.73 Å². The number of aromatic nitrogens is 2. The molecule has 0 atom stereocenters. The van der Waals surface area contributed by atoms with Gasteiger partial charge in [-0.15, -0.1) is 0 Å². The third kappa shape index (κ3) is 5.10. The second kappa shape index (κ2) is 9.89. The van der Waals surface area contributed by atoms with Crippen LogP contribution >= 0.6 is 0 Å². The van der Waals surface area contributed by atoms with Crippen LogP contribution in [0, 0.1) is 0 Å². The summed E-state index contributed by atoms with van der Waals surface area (Å²) in [6, 6.07) is 9.82. The second-order valence-corrected chi connectivity index (χ2v) is 6.79. The van der Waals surface area contributed by atoms with Crippen LogP contribution in [0.15, 0.2) is 39.9 Å². The highest BCUT2D eigenvalue weighted by atomic mass is 16.2. The molecule has 0 radical (unpaired) electrons. The number of aromatic amines is 1. The van der Waals surface area contributed by atoms with Crippen molar-refractivity contribution in [2.24, 2.45) is 0 Å². The maximum absolute atomic E-state index is 12.9. The Labute approximate surface area is 164 Å². The van der Waals surface area contributed by atoms with E-state index in [0.29, 0.717) is 13.1 Å². The Kier molecular flexibility index (Phi) is 7.57. The fourth-order valence-electron chi connectivity index (χ4n) is 3.10. The molecule has 152 valence electrons. The number of hydrogen-bond acceptors (Lipinski definition) is 5. The predicted octanol–water partition coefficient (Wildman–Crippen LogP) is 1.40. The van der Waals surface area contributed by atoms with Crippen LogP contribution < -0.4 is 21.9 Å². The minimum absolute atomic E-state index is 0.0307. The van der Waals surface area contributed by atoms with Crippen molar-refractivity contribution in [3.63, 3.8) is 0 Å². The van der Waals surface area contributed by atoms with Crippen molar-refractivity contribution in [1.29, 1.82) is 0 Å². The minimum Gasteiger partial charge on any atom is -0.383 e. The number of anilines is 2. The molecule has 2 rings (SSSR count). The van der Waals surface area contributed by atoms with E-state index in [2.05, 4.69) is 4.98 Å². The zero-order valence-electron chi connectivity index (χ0n) is 16.8. The molecule has 0 spiro atoms. The molecule has 0 saturated carbocycles. The van der Waals surface area contributed by atoms with Gasteiger partial charge in [-0.05, 0) is 26.0 Å². The lowest BCUT2D eigenvalue weighted by Crippen LogP contribution is -2.44. The lowest BCUT2D eigenvalue weighted by Gasteiger charge is -2.25. The van der Waals surface area contributed by atoms with Crippen LogP contribution in [-0.4, -0.2) is 40.5 Å². The van der Waals surface area contributed by atoms with E-state index in [-0.39, 0.29) is 30.5 Å². The van der Waals surface area contributed by atoms with E-state index in [0.717, 1.165) is 18.4 Å². The zero-order chi connectivity index (χ0) is 20.7. The molecular weight excluding hydrogens is 358 g/mol. The number of likely N-dealkylation sites (N-methyl/N-ethyl adjacent to an activating group) is 2. The highest BCUT2D eigenvalue weighted by Gasteiger charge is 2.23. The molecule has 0 aliphatic heterocycles. The standard InChI is InChI=1S/C20H29N5O3/c1-4-6-12-25-18(21)17(19(27)22-20(25)28)24(5-2)16(26)14-23(3)13-15-10-8-7-9-11-15/h7-11H,4-6,12-14,21H2,1-3H3,(H,22,27,28). The van der Waals surface area contributed by atoms with Crippen LogP contribution in [0.5, 0.6) is 0 Å². The van der Waals surface area contributed by atoms with E-state index in [1.165, 1.54) is 9.47 Å². The highest BCUT2D eigenvalue weighted by molar-refractivity contribution is 5.96. The third-order valence-corrected chi connectivity index (χ3v) is 4.54. The maximum atomic E-state index is 12.9. The molecule has 8 nitrogen and oxygen atoms in total. The second-order valence-electron chi connectivity index (χ2n) is 6.79. The monoisotopic (exact) mass is 387 g/mol. The number of carbonyl (C=O) groups is 1. The van der Waals surface area contributed by atoms with Crippen molar-refractivity contribution < 1.29 is 4.79 Å². The van der Waals surface area contributed by atoms with Crippen LogP contribution in [0.25, 0.3) is 0 Å². The summed E-state index contributed by atoms with van der Waals surface area (Å²) in [6.07, 6.45) is 1.62. The van der Waals surface area contributed by atoms with Gasteiger partial charge in [0.1, 0.15) is 5.82 Å². The molecule has 1 heterocycles. The van der Waals surface area contributed by atoms with E-state index in [9.17, 15) is 14.4 Å². The zero-order valence-corrected chi connectivity index (χ0v) is 16.8. The summed E-state index contributed by atoms with van der Waals surface area (Å²) >= 11 is 0. The number of unbranched alkanes of at least 4 members (excludes halogenated alkanes) is 1. The molecule has 28 heavy (non-hydrogen) atoms. The Bertz CT molecular complexity index is 904. The van der Waals surface area contributed by atoms with E-state index in [1.807, 2.05) is 49.2 Å². The van der Waals surface area contributed by atoms with Crippen molar-refractivity contribution in [3.05, 3.63) is 56.7 Å². The summed E-state index contributed by atoms with van der Waals surface area (Å²) in [7, 11) is 1.84. The molecule has 8 heteroatoms. The summed E-state index contributed by atoms with van der Waals surface area (Å²) in [5.74, 6) is -0.220. The number of nitrogens with zero attached hydrogens (tertiary/aromatic N) is 3. The van der Waals surface area contributed by atoms with Crippen LogP contribution in [-0.2, 0) is 17.9 Å². The average Bonchev–Trinajstić information content (AvgIpc) is 2.65. The fourth-order valence-corrected chi connectivity index (χ4v) is 3.10. The summed E-state index contributed by atoms with van der Waals surface area (Å²) in [4.78, 5) is 42.9. The molecule has 2 aromatic rings. The first-order valence-corrected chi connectivity index (χ1v) is 9.54. The van der Waals surface area contributed by atoms with Gasteiger partial charge < -0.3 is 10.6 Å². The topological polar surface area (TPSA) is 104 Å². The highest BCUT2D eigenvalue weighted by Crippen LogP contribution is 2.17. The van der Waals surface area contributed by atoms with Gasteiger partial charge in [-0.25, -0.2) is 4.79 Å². The third-order valence-electron chi connectivity index (χ3n) is 4.54. The Morgan fingerprint density at radius 1 is 1.18 bits per heavy atom. The quantitative estimate of drug-likeness (QED) is 0.677. The number of amides is 1. The number of rotatable bonds is 9. The van der Waals surface area contributed by atoms with Crippen molar-refractivity contribution in [2.45, 2.75) is 39.8 Å². The molecule has 0 saturated heterocycles. The molecule has 1 aromatic carbocycles. The Morgan fingerprint density at radius 3 is 2.46 bits per heavy atom. The Morgan fingerprint density at radius 2 is 1.86 bits per heavy atom. The number of hydrogen-bond donors (Lipinski definition) is 2. The average molecular weight is 387 g/mol. The Hall–Kier alpha value is -2.87. The number of nitrogen functional groups attached to an aromatic ring is 1. The molecule has 1 amide bonds. The van der Waals surface area contributed by atoms with Gasteiger partial charge in [-0.2, -0.15) is 0 Å². The van der Waals surface area contributed by atoms with Gasteiger partial charge in [0, 0.05) is 19.6 Å². The number of benzene rings is 1. The fraction of sp³-hybridized carbons (Fsp3) is 0.450. The van der Waals surface area contributed by atoms with E-state index < -0.39 is 11.2 Å². The van der Waals surface area contributed by atoms with Crippen LogP contribution in [0.4, 0.5) is 11.5 Å². The van der Waals surface area contributed by atoms with Gasteiger partial charge in [0.15, 0.2) is 5.69 Å². The SMILES string of the molecule is CCCCn1c(N)c(N(CC)C(=O)CN(C)Cc2ccccc2)c(=O)[nH]c1=O. The van der Waals surface area contributed by atoms with Gasteiger partial charge in [0.05, 0.1) is 6.54 Å². The molecule has 0 aliphatic carbocycles. The Balaban J connectivity index is 2.25. The van der Waals surface area contributed by atoms with E-state index in [1.54, 1.807) is 6.92 Å². The lowest BCUT2D eigenvalue weighted by molar-refractivity contribution is -0.119. The molecule has 0 aliphatic rings. The van der Waals surface area contributed by atoms with Gasteiger partial charge in [0.2, 0.25) is 5.91 Å².